The van der Waals surface area contributed by atoms with Crippen molar-refractivity contribution in [3.63, 3.8) is 0 Å². The second kappa shape index (κ2) is 7.82. The fourth-order valence-electron chi connectivity index (χ4n) is 2.28. The van der Waals surface area contributed by atoms with Crippen LogP contribution in [-0.2, 0) is 19.1 Å². The molecule has 2 unspecified atom stereocenters. The summed E-state index contributed by atoms with van der Waals surface area (Å²) in [5, 5.41) is 9.20. The molecule has 0 radical (unpaired) electrons. The maximum Gasteiger partial charge on any atom is 0.325 e. The largest absolute Gasteiger partial charge is 0.481 e. The van der Waals surface area contributed by atoms with Crippen LogP contribution >= 0.6 is 0 Å². The molecule has 2 atom stereocenters. The summed E-state index contributed by atoms with van der Waals surface area (Å²) in [7, 11) is 2.73. The smallest absolute Gasteiger partial charge is 0.325 e. The lowest BCUT2D eigenvalue weighted by Gasteiger charge is -2.33. The number of ether oxygens (including phenoxy) is 2. The van der Waals surface area contributed by atoms with Gasteiger partial charge in [0.15, 0.2) is 0 Å². The first-order valence-electron chi connectivity index (χ1n) is 6.81. The van der Waals surface area contributed by atoms with Crippen LogP contribution in [0.4, 0.5) is 4.79 Å². The normalized spacial score (nSPS) is 20.9. The van der Waals surface area contributed by atoms with Gasteiger partial charge in [-0.25, -0.2) is 4.79 Å². The Labute approximate surface area is 123 Å². The average molecular weight is 302 g/mol. The highest BCUT2D eigenvalue weighted by Gasteiger charge is 2.40. The van der Waals surface area contributed by atoms with Crippen LogP contribution in [0.25, 0.3) is 0 Å². The summed E-state index contributed by atoms with van der Waals surface area (Å²) in [6.07, 6.45) is 0.681. The number of esters is 1. The molecule has 0 aliphatic carbocycles. The van der Waals surface area contributed by atoms with Gasteiger partial charge in [-0.1, -0.05) is 6.92 Å². The molecule has 1 fully saturated rings. The molecule has 1 aliphatic rings. The third-order valence-electron chi connectivity index (χ3n) is 3.40. The lowest BCUT2D eigenvalue weighted by molar-refractivity contribution is -0.143. The summed E-state index contributed by atoms with van der Waals surface area (Å²) >= 11 is 0. The van der Waals surface area contributed by atoms with Gasteiger partial charge in [-0.05, 0) is 6.42 Å². The molecule has 0 aromatic rings. The van der Waals surface area contributed by atoms with E-state index < -0.39 is 29.9 Å². The standard InChI is InChI=1S/C13H22N2O6/c1-4-5-15(10-8-21-7-9(10)12(17)18)13(19)14(2)6-11(16)20-3/h9-10H,4-8H2,1-3H3,(H,17,18). The summed E-state index contributed by atoms with van der Waals surface area (Å²) in [6, 6.07) is -0.918. The number of carboxylic acid groups (broad SMARTS) is 1. The first kappa shape index (κ1) is 17.2. The number of likely N-dealkylation sites (N-methyl/N-ethyl adjacent to an activating group) is 1. The predicted octanol–water partition coefficient (Wildman–Crippen LogP) is 0.0228. The molecule has 21 heavy (non-hydrogen) atoms. The van der Waals surface area contributed by atoms with Crippen molar-refractivity contribution in [2.75, 3.05) is 40.5 Å². The third-order valence-corrected chi connectivity index (χ3v) is 3.40. The number of carbonyl (C=O) groups excluding carboxylic acids is 2. The number of aliphatic carboxylic acids is 1. The number of rotatable bonds is 6. The molecule has 1 aliphatic heterocycles. The summed E-state index contributed by atoms with van der Waals surface area (Å²) in [5.74, 6) is -2.26. The van der Waals surface area contributed by atoms with E-state index in [1.165, 1.54) is 24.0 Å². The molecule has 0 aromatic heterocycles. The third kappa shape index (κ3) is 4.32. The number of carboxylic acids is 1. The zero-order valence-corrected chi connectivity index (χ0v) is 12.6. The Morgan fingerprint density at radius 1 is 1.33 bits per heavy atom. The van der Waals surface area contributed by atoms with Crippen molar-refractivity contribution in [3.8, 4) is 0 Å². The number of carbonyl (C=O) groups is 3. The molecule has 1 N–H and O–H groups in total. The Morgan fingerprint density at radius 2 is 2.00 bits per heavy atom. The molecule has 0 spiro atoms. The Balaban J connectivity index is 2.82. The minimum atomic E-state index is -0.984. The van der Waals surface area contributed by atoms with Crippen molar-refractivity contribution in [2.24, 2.45) is 5.92 Å². The fraction of sp³-hybridized carbons (Fsp3) is 0.769. The molecule has 8 nitrogen and oxygen atoms in total. The van der Waals surface area contributed by atoms with Crippen molar-refractivity contribution >= 4 is 18.0 Å². The molecule has 120 valence electrons. The molecule has 0 saturated carbocycles. The summed E-state index contributed by atoms with van der Waals surface area (Å²) in [5.41, 5.74) is 0. The molecular weight excluding hydrogens is 280 g/mol. The highest BCUT2D eigenvalue weighted by atomic mass is 16.5. The van der Waals surface area contributed by atoms with Gasteiger partial charge in [0.1, 0.15) is 12.5 Å². The monoisotopic (exact) mass is 302 g/mol. The minimum absolute atomic E-state index is 0.0915. The van der Waals surface area contributed by atoms with Gasteiger partial charge in [-0.2, -0.15) is 0 Å². The van der Waals surface area contributed by atoms with E-state index in [1.807, 2.05) is 6.92 Å². The maximum absolute atomic E-state index is 12.4. The van der Waals surface area contributed by atoms with E-state index in [1.54, 1.807) is 0 Å². The Bertz CT molecular complexity index is 400. The zero-order valence-electron chi connectivity index (χ0n) is 12.6. The van der Waals surface area contributed by atoms with Crippen LogP contribution in [0.1, 0.15) is 13.3 Å². The van der Waals surface area contributed by atoms with Crippen LogP contribution in [0, 0.1) is 5.92 Å². The van der Waals surface area contributed by atoms with Crippen LogP contribution in [0.3, 0.4) is 0 Å². The van der Waals surface area contributed by atoms with E-state index in [9.17, 15) is 19.5 Å². The highest BCUT2D eigenvalue weighted by Crippen LogP contribution is 2.21. The zero-order chi connectivity index (χ0) is 16.0. The molecule has 8 heteroatoms. The van der Waals surface area contributed by atoms with E-state index in [-0.39, 0.29) is 19.8 Å². The number of amides is 2. The van der Waals surface area contributed by atoms with Crippen LogP contribution in [-0.4, -0.2) is 79.4 Å². The first-order chi connectivity index (χ1) is 9.92. The van der Waals surface area contributed by atoms with Crippen molar-refractivity contribution < 1.29 is 29.0 Å². The Morgan fingerprint density at radius 3 is 2.52 bits per heavy atom. The maximum atomic E-state index is 12.4. The summed E-state index contributed by atoms with van der Waals surface area (Å²) in [6.45, 7) is 2.40. The van der Waals surface area contributed by atoms with E-state index >= 15 is 0 Å². The number of hydrogen-bond donors (Lipinski definition) is 1. The summed E-state index contributed by atoms with van der Waals surface area (Å²) < 4.78 is 9.73. The average Bonchev–Trinajstić information content (AvgIpc) is 2.93. The van der Waals surface area contributed by atoms with Gasteiger partial charge in [0.25, 0.3) is 0 Å². The first-order valence-corrected chi connectivity index (χ1v) is 6.81. The number of nitrogens with zero attached hydrogens (tertiary/aromatic N) is 2. The van der Waals surface area contributed by atoms with Crippen molar-refractivity contribution in [3.05, 3.63) is 0 Å². The van der Waals surface area contributed by atoms with Gasteiger partial charge in [0, 0.05) is 13.6 Å². The van der Waals surface area contributed by atoms with Crippen molar-refractivity contribution in [1.29, 1.82) is 0 Å². The number of urea groups is 1. The minimum Gasteiger partial charge on any atom is -0.481 e. The lowest BCUT2D eigenvalue weighted by atomic mass is 10.0. The van der Waals surface area contributed by atoms with Crippen LogP contribution < -0.4 is 0 Å². The van der Waals surface area contributed by atoms with Gasteiger partial charge >= 0.3 is 18.0 Å². The van der Waals surface area contributed by atoms with Crippen molar-refractivity contribution in [1.82, 2.24) is 9.80 Å². The quantitative estimate of drug-likeness (QED) is 0.695. The van der Waals surface area contributed by atoms with E-state index in [0.717, 1.165) is 0 Å². The van der Waals surface area contributed by atoms with Crippen LogP contribution in [0.2, 0.25) is 0 Å². The van der Waals surface area contributed by atoms with E-state index in [0.29, 0.717) is 13.0 Å². The van der Waals surface area contributed by atoms with Gasteiger partial charge in [-0.3, -0.25) is 9.59 Å². The van der Waals surface area contributed by atoms with Crippen LogP contribution in [0.15, 0.2) is 0 Å². The molecule has 0 bridgehead atoms. The highest BCUT2D eigenvalue weighted by molar-refractivity contribution is 5.81. The fourth-order valence-corrected chi connectivity index (χ4v) is 2.28. The molecule has 0 aromatic carbocycles. The predicted molar refractivity (Wildman–Crippen MR) is 72.8 cm³/mol. The molecule has 1 heterocycles. The Hall–Kier alpha value is -1.83. The topological polar surface area (TPSA) is 96.4 Å². The van der Waals surface area contributed by atoms with Gasteiger partial charge in [0.2, 0.25) is 0 Å². The second-order valence-corrected chi connectivity index (χ2v) is 4.96. The Kier molecular flexibility index (Phi) is 6.41. The number of methoxy groups -OCH3 is 1. The number of hydrogen-bond acceptors (Lipinski definition) is 5. The van der Waals surface area contributed by atoms with Crippen LogP contribution in [0.5, 0.6) is 0 Å². The van der Waals surface area contributed by atoms with Crippen molar-refractivity contribution in [2.45, 2.75) is 19.4 Å². The molecule has 1 rings (SSSR count). The van der Waals surface area contributed by atoms with E-state index in [2.05, 4.69) is 4.74 Å². The second-order valence-electron chi connectivity index (χ2n) is 4.96. The van der Waals surface area contributed by atoms with Gasteiger partial charge < -0.3 is 24.4 Å². The van der Waals surface area contributed by atoms with Gasteiger partial charge in [-0.15, -0.1) is 0 Å². The SMILES string of the molecule is CCCN(C(=O)N(C)CC(=O)OC)C1COCC1C(=O)O. The molecule has 1 saturated heterocycles. The molecule has 2 amide bonds. The lowest BCUT2D eigenvalue weighted by Crippen LogP contribution is -2.52. The van der Waals surface area contributed by atoms with Gasteiger partial charge in [0.05, 0.1) is 26.4 Å². The molecular formula is C13H22N2O6. The summed E-state index contributed by atoms with van der Waals surface area (Å²) in [4.78, 5) is 37.6. The van der Waals surface area contributed by atoms with E-state index in [4.69, 9.17) is 4.74 Å².